The first-order valence-electron chi connectivity index (χ1n) is 9.88. The van der Waals surface area contributed by atoms with Gasteiger partial charge in [-0.25, -0.2) is 4.39 Å². The van der Waals surface area contributed by atoms with Crippen LogP contribution in [0.3, 0.4) is 0 Å². The van der Waals surface area contributed by atoms with Crippen molar-refractivity contribution in [2.45, 2.75) is 6.42 Å². The van der Waals surface area contributed by atoms with Gasteiger partial charge in [-0.15, -0.1) is 10.2 Å². The zero-order chi connectivity index (χ0) is 20.9. The zero-order valence-corrected chi connectivity index (χ0v) is 16.8. The fourth-order valence-corrected chi connectivity index (χ4v) is 3.48. The molecule has 2 aromatic carbocycles. The molecule has 0 aliphatic carbocycles. The van der Waals surface area contributed by atoms with Crippen LogP contribution in [-0.2, 0) is 11.2 Å². The number of ether oxygens (including phenoxy) is 1. The average molecular weight is 406 g/mol. The standard InChI is InChI=1S/C23H23FN4O2/c1-30-20-8-2-17(3-9-20)16-23(29)28-14-12-27(13-15-28)22-11-10-21(25-26-22)18-4-6-19(24)7-5-18/h2-11H,12-16H2,1H3. The predicted molar refractivity (Wildman–Crippen MR) is 113 cm³/mol. The normalized spacial score (nSPS) is 13.9. The van der Waals surface area contributed by atoms with Crippen LogP contribution in [0.1, 0.15) is 5.56 Å². The Morgan fingerprint density at radius 1 is 0.933 bits per heavy atom. The molecule has 0 atom stereocenters. The van der Waals surface area contributed by atoms with E-state index < -0.39 is 0 Å². The van der Waals surface area contributed by atoms with E-state index in [0.717, 1.165) is 22.7 Å². The van der Waals surface area contributed by atoms with Crippen LogP contribution in [0.5, 0.6) is 5.75 Å². The fraction of sp³-hybridized carbons (Fsp3) is 0.261. The molecule has 1 aliphatic rings. The maximum absolute atomic E-state index is 13.1. The molecule has 0 spiro atoms. The first kappa shape index (κ1) is 19.8. The molecule has 0 radical (unpaired) electrons. The summed E-state index contributed by atoms with van der Waals surface area (Å²) >= 11 is 0. The highest BCUT2D eigenvalue weighted by Crippen LogP contribution is 2.20. The number of carbonyl (C=O) groups is 1. The lowest BCUT2D eigenvalue weighted by Crippen LogP contribution is -2.49. The van der Waals surface area contributed by atoms with E-state index in [2.05, 4.69) is 15.1 Å². The molecule has 3 aromatic rings. The van der Waals surface area contributed by atoms with Gasteiger partial charge >= 0.3 is 0 Å². The van der Waals surface area contributed by atoms with Crippen LogP contribution in [-0.4, -0.2) is 54.3 Å². The average Bonchev–Trinajstić information content (AvgIpc) is 2.80. The highest BCUT2D eigenvalue weighted by molar-refractivity contribution is 5.79. The second-order valence-electron chi connectivity index (χ2n) is 7.18. The van der Waals surface area contributed by atoms with Gasteiger partial charge in [0, 0.05) is 31.7 Å². The molecule has 4 rings (SSSR count). The number of methoxy groups -OCH3 is 1. The molecule has 0 unspecified atom stereocenters. The molecule has 1 aromatic heterocycles. The van der Waals surface area contributed by atoms with Crippen molar-refractivity contribution < 1.29 is 13.9 Å². The van der Waals surface area contributed by atoms with Crippen LogP contribution < -0.4 is 9.64 Å². The number of hydrogen-bond donors (Lipinski definition) is 0. The lowest BCUT2D eigenvalue weighted by atomic mass is 10.1. The summed E-state index contributed by atoms with van der Waals surface area (Å²) in [5, 5.41) is 8.59. The lowest BCUT2D eigenvalue weighted by molar-refractivity contribution is -0.130. The van der Waals surface area contributed by atoms with Crippen LogP contribution in [0.2, 0.25) is 0 Å². The minimum atomic E-state index is -0.275. The number of rotatable bonds is 5. The molecule has 7 heteroatoms. The molecular weight excluding hydrogens is 383 g/mol. The van der Waals surface area contributed by atoms with Crippen molar-refractivity contribution in [3.05, 3.63) is 72.0 Å². The molecule has 1 fully saturated rings. The van der Waals surface area contributed by atoms with E-state index in [1.165, 1.54) is 12.1 Å². The highest BCUT2D eigenvalue weighted by atomic mass is 19.1. The number of carbonyl (C=O) groups excluding carboxylic acids is 1. The Kier molecular flexibility index (Phi) is 5.88. The summed E-state index contributed by atoms with van der Waals surface area (Å²) in [6, 6.07) is 17.6. The Morgan fingerprint density at radius 3 is 2.23 bits per heavy atom. The first-order valence-corrected chi connectivity index (χ1v) is 9.88. The van der Waals surface area contributed by atoms with Gasteiger partial charge < -0.3 is 14.5 Å². The van der Waals surface area contributed by atoms with E-state index in [1.807, 2.05) is 41.3 Å². The van der Waals surface area contributed by atoms with Gasteiger partial charge in [-0.3, -0.25) is 4.79 Å². The fourth-order valence-electron chi connectivity index (χ4n) is 3.48. The van der Waals surface area contributed by atoms with E-state index >= 15 is 0 Å². The van der Waals surface area contributed by atoms with Crippen molar-refractivity contribution in [2.75, 3.05) is 38.2 Å². The molecule has 1 saturated heterocycles. The molecule has 1 aliphatic heterocycles. The van der Waals surface area contributed by atoms with Crippen LogP contribution in [0.15, 0.2) is 60.7 Å². The second-order valence-corrected chi connectivity index (χ2v) is 7.18. The van der Waals surface area contributed by atoms with Crippen LogP contribution in [0, 0.1) is 5.82 Å². The summed E-state index contributed by atoms with van der Waals surface area (Å²) in [5.74, 6) is 1.41. The number of nitrogens with zero attached hydrogens (tertiary/aromatic N) is 4. The summed E-state index contributed by atoms with van der Waals surface area (Å²) in [4.78, 5) is 16.6. The van der Waals surface area contributed by atoms with E-state index in [4.69, 9.17) is 4.74 Å². The van der Waals surface area contributed by atoms with E-state index in [0.29, 0.717) is 38.3 Å². The predicted octanol–water partition coefficient (Wildman–Crippen LogP) is 3.18. The Bertz CT molecular complexity index is 983. The molecule has 6 nitrogen and oxygen atoms in total. The number of halogens is 1. The van der Waals surface area contributed by atoms with Crippen molar-refractivity contribution in [3.8, 4) is 17.0 Å². The minimum Gasteiger partial charge on any atom is -0.497 e. The topological polar surface area (TPSA) is 58.6 Å². The van der Waals surface area contributed by atoms with Crippen LogP contribution in [0.4, 0.5) is 10.2 Å². The minimum absolute atomic E-state index is 0.123. The SMILES string of the molecule is COc1ccc(CC(=O)N2CCN(c3ccc(-c4ccc(F)cc4)nn3)CC2)cc1. The molecule has 0 N–H and O–H groups in total. The third kappa shape index (κ3) is 4.56. The van der Waals surface area contributed by atoms with Crippen LogP contribution >= 0.6 is 0 Å². The molecule has 0 bridgehead atoms. The third-order valence-electron chi connectivity index (χ3n) is 5.26. The van der Waals surface area contributed by atoms with Gasteiger partial charge in [0.15, 0.2) is 5.82 Å². The molecule has 30 heavy (non-hydrogen) atoms. The van der Waals surface area contributed by atoms with Crippen molar-refractivity contribution in [3.63, 3.8) is 0 Å². The van der Waals surface area contributed by atoms with E-state index in [9.17, 15) is 9.18 Å². The smallest absolute Gasteiger partial charge is 0.227 e. The van der Waals surface area contributed by atoms with Crippen molar-refractivity contribution in [1.82, 2.24) is 15.1 Å². The number of hydrogen-bond acceptors (Lipinski definition) is 5. The van der Waals surface area contributed by atoms with Gasteiger partial charge in [-0.05, 0) is 54.1 Å². The summed E-state index contributed by atoms with van der Waals surface area (Å²) < 4.78 is 18.2. The summed E-state index contributed by atoms with van der Waals surface area (Å²) in [6.45, 7) is 2.71. The zero-order valence-electron chi connectivity index (χ0n) is 16.8. The van der Waals surface area contributed by atoms with Crippen molar-refractivity contribution in [2.24, 2.45) is 0 Å². The van der Waals surface area contributed by atoms with Gasteiger partial charge in [0.2, 0.25) is 5.91 Å². The molecular formula is C23H23FN4O2. The van der Waals surface area contributed by atoms with Gasteiger partial charge in [0.25, 0.3) is 0 Å². The number of benzene rings is 2. The van der Waals surface area contributed by atoms with E-state index in [-0.39, 0.29) is 11.7 Å². The Hall–Kier alpha value is -3.48. The van der Waals surface area contributed by atoms with Crippen molar-refractivity contribution >= 4 is 11.7 Å². The summed E-state index contributed by atoms with van der Waals surface area (Å²) in [7, 11) is 1.63. The highest BCUT2D eigenvalue weighted by Gasteiger charge is 2.22. The quantitative estimate of drug-likeness (QED) is 0.651. The van der Waals surface area contributed by atoms with Gasteiger partial charge in [-0.1, -0.05) is 12.1 Å². The maximum atomic E-state index is 13.1. The van der Waals surface area contributed by atoms with Gasteiger partial charge in [0.05, 0.1) is 19.2 Å². The van der Waals surface area contributed by atoms with Crippen LogP contribution in [0.25, 0.3) is 11.3 Å². The summed E-state index contributed by atoms with van der Waals surface area (Å²) in [6.07, 6.45) is 0.385. The summed E-state index contributed by atoms with van der Waals surface area (Å²) in [5.41, 5.74) is 2.50. The number of anilines is 1. The molecule has 154 valence electrons. The maximum Gasteiger partial charge on any atom is 0.227 e. The Labute approximate surface area is 174 Å². The third-order valence-corrected chi connectivity index (χ3v) is 5.26. The first-order chi connectivity index (χ1) is 14.6. The molecule has 2 heterocycles. The monoisotopic (exact) mass is 406 g/mol. The van der Waals surface area contributed by atoms with Crippen molar-refractivity contribution in [1.29, 1.82) is 0 Å². The van der Waals surface area contributed by atoms with Gasteiger partial charge in [0.1, 0.15) is 11.6 Å². The van der Waals surface area contributed by atoms with E-state index in [1.54, 1.807) is 19.2 Å². The molecule has 0 saturated carbocycles. The van der Waals surface area contributed by atoms with Gasteiger partial charge in [-0.2, -0.15) is 0 Å². The molecule has 1 amide bonds. The second kappa shape index (κ2) is 8.90. The Morgan fingerprint density at radius 2 is 1.63 bits per heavy atom. The number of aromatic nitrogens is 2. The largest absolute Gasteiger partial charge is 0.497 e. The number of piperazine rings is 1. The number of amides is 1. The lowest BCUT2D eigenvalue weighted by Gasteiger charge is -2.35. The Balaban J connectivity index is 1.32.